The second kappa shape index (κ2) is 9.36. The lowest BCUT2D eigenvalue weighted by molar-refractivity contribution is -0.137. The van der Waals surface area contributed by atoms with E-state index in [4.69, 9.17) is 11.6 Å². The Morgan fingerprint density at radius 1 is 0.970 bits per heavy atom. The lowest BCUT2D eigenvalue weighted by Gasteiger charge is -2.26. The van der Waals surface area contributed by atoms with Crippen LogP contribution in [0.4, 0.5) is 33.3 Å². The van der Waals surface area contributed by atoms with Gasteiger partial charge in [0.2, 0.25) is 5.91 Å². The molecule has 1 amide bonds. The minimum Gasteiger partial charge on any atom is -0.322 e. The van der Waals surface area contributed by atoms with E-state index >= 15 is 0 Å². The van der Waals surface area contributed by atoms with Crippen LogP contribution in [0.1, 0.15) is 5.56 Å². The predicted molar refractivity (Wildman–Crippen MR) is 112 cm³/mol. The van der Waals surface area contributed by atoms with Gasteiger partial charge in [-0.2, -0.15) is 13.2 Å². The summed E-state index contributed by atoms with van der Waals surface area (Å²) in [6.45, 7) is -1.05. The zero-order chi connectivity index (χ0) is 24.4. The van der Waals surface area contributed by atoms with Gasteiger partial charge in [0, 0.05) is 6.07 Å². The van der Waals surface area contributed by atoms with Gasteiger partial charge < -0.3 is 5.32 Å². The van der Waals surface area contributed by atoms with Crippen LogP contribution in [0.15, 0.2) is 71.6 Å². The quantitative estimate of drug-likeness (QED) is 0.453. The minimum absolute atomic E-state index is 0.320. The van der Waals surface area contributed by atoms with Gasteiger partial charge in [0.25, 0.3) is 10.0 Å². The topological polar surface area (TPSA) is 66.5 Å². The van der Waals surface area contributed by atoms with Crippen LogP contribution in [0, 0.1) is 11.6 Å². The van der Waals surface area contributed by atoms with E-state index in [0.29, 0.717) is 22.5 Å². The summed E-state index contributed by atoms with van der Waals surface area (Å²) in [6, 6.07) is 10.9. The number of hydrogen-bond donors (Lipinski definition) is 1. The molecule has 0 radical (unpaired) electrons. The molecule has 0 aliphatic heterocycles. The number of anilines is 2. The van der Waals surface area contributed by atoms with Crippen LogP contribution in [-0.2, 0) is 21.0 Å². The van der Waals surface area contributed by atoms with Crippen molar-refractivity contribution < 1.29 is 35.2 Å². The van der Waals surface area contributed by atoms with Crippen molar-refractivity contribution in [3.8, 4) is 0 Å². The van der Waals surface area contributed by atoms with Gasteiger partial charge in [-0.05, 0) is 42.5 Å². The molecule has 0 aromatic heterocycles. The first kappa shape index (κ1) is 24.5. The number of sulfonamides is 1. The smallest absolute Gasteiger partial charge is 0.322 e. The molecule has 0 atom stereocenters. The Kier molecular flexibility index (Phi) is 6.94. The Morgan fingerprint density at radius 3 is 2.24 bits per heavy atom. The third-order valence-electron chi connectivity index (χ3n) is 4.37. The molecular formula is C21H14ClF5N2O3S. The van der Waals surface area contributed by atoms with Crippen LogP contribution in [0.5, 0.6) is 0 Å². The fraction of sp³-hybridized carbons (Fsp3) is 0.0952. The molecule has 12 heteroatoms. The van der Waals surface area contributed by atoms with Crippen LogP contribution >= 0.6 is 11.6 Å². The maximum absolute atomic E-state index is 13.9. The fourth-order valence-corrected chi connectivity index (χ4v) is 4.53. The predicted octanol–water partition coefficient (Wildman–Crippen LogP) is 5.47. The summed E-state index contributed by atoms with van der Waals surface area (Å²) in [4.78, 5) is 12.2. The molecule has 1 N–H and O–H groups in total. The van der Waals surface area contributed by atoms with E-state index in [0.717, 1.165) is 18.2 Å². The van der Waals surface area contributed by atoms with Crippen molar-refractivity contribution in [1.29, 1.82) is 0 Å². The van der Waals surface area contributed by atoms with Gasteiger partial charge in [-0.3, -0.25) is 9.10 Å². The summed E-state index contributed by atoms with van der Waals surface area (Å²) in [7, 11) is -4.58. The van der Waals surface area contributed by atoms with E-state index in [1.165, 1.54) is 30.3 Å². The van der Waals surface area contributed by atoms with Crippen LogP contribution in [-0.4, -0.2) is 20.9 Å². The zero-order valence-corrected chi connectivity index (χ0v) is 18.0. The molecule has 0 bridgehead atoms. The van der Waals surface area contributed by atoms with Gasteiger partial charge in [-0.25, -0.2) is 17.2 Å². The number of nitrogens with one attached hydrogen (secondary N) is 1. The molecule has 0 heterocycles. The highest BCUT2D eigenvalue weighted by Gasteiger charge is 2.34. The van der Waals surface area contributed by atoms with Gasteiger partial charge in [0.1, 0.15) is 18.2 Å². The highest BCUT2D eigenvalue weighted by atomic mass is 35.5. The Morgan fingerprint density at radius 2 is 1.64 bits per heavy atom. The maximum Gasteiger partial charge on any atom is 0.416 e. The number of nitrogens with zero attached hydrogens (tertiary/aromatic N) is 1. The van der Waals surface area contributed by atoms with Gasteiger partial charge >= 0.3 is 6.18 Å². The van der Waals surface area contributed by atoms with Gasteiger partial charge in [-0.1, -0.05) is 29.8 Å². The molecule has 3 rings (SSSR count). The van der Waals surface area contributed by atoms with Crippen molar-refractivity contribution >= 4 is 38.9 Å². The summed E-state index contributed by atoms with van der Waals surface area (Å²) in [5, 5.41) is 1.70. The van der Waals surface area contributed by atoms with Gasteiger partial charge in [-0.15, -0.1) is 0 Å². The third-order valence-corrected chi connectivity index (χ3v) is 6.46. The molecule has 3 aromatic rings. The summed E-state index contributed by atoms with van der Waals surface area (Å²) in [5.41, 5.74) is -2.25. The minimum atomic E-state index is -4.82. The molecular weight excluding hydrogens is 491 g/mol. The number of halogens is 6. The molecule has 0 saturated heterocycles. The lowest BCUT2D eigenvalue weighted by atomic mass is 10.2. The average molecular weight is 505 g/mol. The number of benzene rings is 3. The van der Waals surface area contributed by atoms with Crippen molar-refractivity contribution in [2.75, 3.05) is 16.2 Å². The number of hydrogen-bond acceptors (Lipinski definition) is 3. The number of rotatable bonds is 6. The van der Waals surface area contributed by atoms with Crippen molar-refractivity contribution in [2.45, 2.75) is 11.1 Å². The third kappa shape index (κ3) is 5.60. The first-order valence-electron chi connectivity index (χ1n) is 9.09. The first-order chi connectivity index (χ1) is 15.4. The average Bonchev–Trinajstić information content (AvgIpc) is 2.74. The molecule has 0 unspecified atom stereocenters. The number of alkyl halides is 3. The van der Waals surface area contributed by atoms with E-state index in [2.05, 4.69) is 5.32 Å². The normalized spacial score (nSPS) is 11.8. The van der Waals surface area contributed by atoms with Crippen molar-refractivity contribution in [3.05, 3.63) is 89.0 Å². The summed E-state index contributed by atoms with van der Waals surface area (Å²) < 4.78 is 93.6. The highest BCUT2D eigenvalue weighted by Crippen LogP contribution is 2.37. The van der Waals surface area contributed by atoms with Crippen LogP contribution in [0.25, 0.3) is 0 Å². The highest BCUT2D eigenvalue weighted by molar-refractivity contribution is 7.92. The van der Waals surface area contributed by atoms with E-state index in [-0.39, 0.29) is 9.92 Å². The molecule has 174 valence electrons. The molecule has 0 spiro atoms. The SMILES string of the molecule is O=C(CN(c1cc(C(F)(F)F)ccc1Cl)S(=O)(=O)c1ccccc1)Nc1ccc(F)cc1F. The second-order valence-corrected chi connectivity index (χ2v) is 8.93. The number of carbonyl (C=O) groups is 1. The molecule has 0 aliphatic carbocycles. The lowest BCUT2D eigenvalue weighted by Crippen LogP contribution is -2.38. The number of carbonyl (C=O) groups excluding carboxylic acids is 1. The molecule has 0 saturated carbocycles. The Labute approximate surface area is 190 Å². The first-order valence-corrected chi connectivity index (χ1v) is 10.9. The summed E-state index contributed by atoms with van der Waals surface area (Å²) in [6.07, 6.45) is -4.82. The Balaban J connectivity index is 2.06. The van der Waals surface area contributed by atoms with Crippen LogP contribution in [0.2, 0.25) is 5.02 Å². The standard InChI is InChI=1S/C21H14ClF5N2O3S/c22-16-8-6-13(21(25,26)27)10-19(16)29(33(31,32)15-4-2-1-3-5-15)12-20(30)28-18-9-7-14(23)11-17(18)24/h1-11H,12H2,(H,28,30). The largest absolute Gasteiger partial charge is 0.416 e. The monoisotopic (exact) mass is 504 g/mol. The van der Waals surface area contributed by atoms with Gasteiger partial charge in [0.15, 0.2) is 0 Å². The second-order valence-electron chi connectivity index (χ2n) is 6.66. The fourth-order valence-electron chi connectivity index (χ4n) is 2.81. The van der Waals surface area contributed by atoms with Crippen LogP contribution in [0.3, 0.4) is 0 Å². The summed E-state index contributed by atoms with van der Waals surface area (Å²) in [5.74, 6) is -3.14. The van der Waals surface area contributed by atoms with Crippen molar-refractivity contribution in [2.24, 2.45) is 0 Å². The molecule has 33 heavy (non-hydrogen) atoms. The maximum atomic E-state index is 13.9. The van der Waals surface area contributed by atoms with E-state index < -0.39 is 57.2 Å². The molecule has 5 nitrogen and oxygen atoms in total. The van der Waals surface area contributed by atoms with Crippen molar-refractivity contribution in [1.82, 2.24) is 0 Å². The van der Waals surface area contributed by atoms with Gasteiger partial charge in [0.05, 0.1) is 26.9 Å². The van der Waals surface area contributed by atoms with Crippen LogP contribution < -0.4 is 9.62 Å². The van der Waals surface area contributed by atoms with Crippen molar-refractivity contribution in [3.63, 3.8) is 0 Å². The number of amides is 1. The molecule has 3 aromatic carbocycles. The molecule has 0 aliphatic rings. The van der Waals surface area contributed by atoms with E-state index in [9.17, 15) is 35.2 Å². The summed E-state index contributed by atoms with van der Waals surface area (Å²) >= 11 is 6.01. The van der Waals surface area contributed by atoms with E-state index in [1.54, 1.807) is 0 Å². The Bertz CT molecular complexity index is 1280. The Hall–Kier alpha value is -3.18. The van der Waals surface area contributed by atoms with E-state index in [1.807, 2.05) is 0 Å². The molecule has 0 fully saturated rings. The zero-order valence-electron chi connectivity index (χ0n) is 16.4.